The molecule has 3 aromatic carbocycles. The number of imide groups is 1. The van der Waals surface area contributed by atoms with Crippen molar-refractivity contribution in [1.82, 2.24) is 4.90 Å². The van der Waals surface area contributed by atoms with E-state index in [1.807, 2.05) is 24.3 Å². The number of carbonyl (C=O) groups is 3. The number of ether oxygens (including phenoxy) is 1. The number of amides is 3. The number of anilines is 1. The van der Waals surface area contributed by atoms with Crippen molar-refractivity contribution in [2.75, 3.05) is 11.9 Å². The molecule has 35 heavy (non-hydrogen) atoms. The Balaban J connectivity index is 1.44. The minimum absolute atomic E-state index is 0.206. The van der Waals surface area contributed by atoms with Crippen LogP contribution >= 0.6 is 50.9 Å². The first-order valence-electron chi connectivity index (χ1n) is 10.3. The molecule has 1 N–H and O–H groups in total. The number of halogens is 3. The number of para-hydroxylation sites is 1. The van der Waals surface area contributed by atoms with E-state index < -0.39 is 23.6 Å². The fraction of sp³-hybridized carbons (Fsp3) is 0.0800. The number of hydrogen-bond donors (Lipinski definition) is 1. The van der Waals surface area contributed by atoms with Crippen molar-refractivity contribution < 1.29 is 19.1 Å². The highest BCUT2D eigenvalue weighted by molar-refractivity contribution is 9.10. The molecule has 1 fully saturated rings. The van der Waals surface area contributed by atoms with Gasteiger partial charge < -0.3 is 10.1 Å². The van der Waals surface area contributed by atoms with Crippen LogP contribution in [-0.2, 0) is 16.2 Å². The van der Waals surface area contributed by atoms with Crippen LogP contribution < -0.4 is 10.1 Å². The Labute approximate surface area is 224 Å². The Hall–Kier alpha value is -2.78. The summed E-state index contributed by atoms with van der Waals surface area (Å²) in [4.78, 5) is 38.9. The van der Waals surface area contributed by atoms with Crippen LogP contribution in [-0.4, -0.2) is 28.5 Å². The molecule has 1 saturated heterocycles. The van der Waals surface area contributed by atoms with Gasteiger partial charge in [-0.3, -0.25) is 19.3 Å². The minimum Gasteiger partial charge on any atom is -0.488 e. The average molecular weight is 592 g/mol. The number of thioether (sulfide) groups is 1. The number of carbonyl (C=O) groups excluding carboxylic acids is 3. The summed E-state index contributed by atoms with van der Waals surface area (Å²) in [6.45, 7) is -0.103. The lowest BCUT2D eigenvalue weighted by Gasteiger charge is -2.13. The summed E-state index contributed by atoms with van der Waals surface area (Å²) in [6.07, 6.45) is 1.59. The molecule has 1 aliphatic rings. The molecule has 3 amide bonds. The van der Waals surface area contributed by atoms with Crippen molar-refractivity contribution in [3.63, 3.8) is 0 Å². The van der Waals surface area contributed by atoms with E-state index in [9.17, 15) is 14.4 Å². The van der Waals surface area contributed by atoms with E-state index in [1.165, 1.54) is 0 Å². The first kappa shape index (κ1) is 25.3. The van der Waals surface area contributed by atoms with Gasteiger partial charge in [0.25, 0.3) is 11.1 Å². The van der Waals surface area contributed by atoms with Gasteiger partial charge >= 0.3 is 0 Å². The standard InChI is InChI=1S/C25H17BrCl2N2O4S/c26-19-10-9-18(12-20(19)28)29-23(31)13-30-24(32)22(35-25(30)33)11-16-3-1-2-4-21(16)34-14-15-5-7-17(27)8-6-15/h1-12H,13-14H2,(H,29,31)/b22-11+. The van der Waals surface area contributed by atoms with Crippen LogP contribution in [0.5, 0.6) is 5.75 Å². The average Bonchev–Trinajstić information content (AvgIpc) is 3.09. The molecule has 0 saturated carbocycles. The Morgan fingerprint density at radius 1 is 1.06 bits per heavy atom. The van der Waals surface area contributed by atoms with Crippen molar-refractivity contribution in [1.29, 1.82) is 0 Å². The van der Waals surface area contributed by atoms with Gasteiger partial charge in [0.2, 0.25) is 5.91 Å². The minimum atomic E-state index is -0.545. The van der Waals surface area contributed by atoms with Gasteiger partial charge in [-0.15, -0.1) is 0 Å². The topological polar surface area (TPSA) is 75.7 Å². The highest BCUT2D eigenvalue weighted by atomic mass is 79.9. The first-order chi connectivity index (χ1) is 16.8. The van der Waals surface area contributed by atoms with Crippen LogP contribution in [0.25, 0.3) is 6.08 Å². The molecule has 6 nitrogen and oxygen atoms in total. The van der Waals surface area contributed by atoms with Crippen LogP contribution in [0.3, 0.4) is 0 Å². The number of nitrogens with zero attached hydrogens (tertiary/aromatic N) is 1. The van der Waals surface area contributed by atoms with E-state index in [-0.39, 0.29) is 4.91 Å². The van der Waals surface area contributed by atoms with Gasteiger partial charge in [0, 0.05) is 20.7 Å². The van der Waals surface area contributed by atoms with Crippen LogP contribution in [0.2, 0.25) is 10.0 Å². The summed E-state index contributed by atoms with van der Waals surface area (Å²) in [5.74, 6) is -0.505. The van der Waals surface area contributed by atoms with Crippen molar-refractivity contribution in [2.45, 2.75) is 6.61 Å². The normalized spacial score (nSPS) is 14.5. The molecule has 0 unspecified atom stereocenters. The maximum absolute atomic E-state index is 12.9. The van der Waals surface area contributed by atoms with Crippen LogP contribution in [0.1, 0.15) is 11.1 Å². The van der Waals surface area contributed by atoms with E-state index >= 15 is 0 Å². The van der Waals surface area contributed by atoms with Crippen molar-refractivity contribution in [3.05, 3.63) is 97.3 Å². The van der Waals surface area contributed by atoms with E-state index in [2.05, 4.69) is 21.2 Å². The summed E-state index contributed by atoms with van der Waals surface area (Å²) < 4.78 is 6.61. The Morgan fingerprint density at radius 2 is 1.80 bits per heavy atom. The Bertz CT molecular complexity index is 1330. The highest BCUT2D eigenvalue weighted by Crippen LogP contribution is 2.34. The van der Waals surface area contributed by atoms with E-state index in [1.54, 1.807) is 48.5 Å². The van der Waals surface area contributed by atoms with E-state index in [0.717, 1.165) is 22.2 Å². The number of benzene rings is 3. The predicted molar refractivity (Wildman–Crippen MR) is 143 cm³/mol. The lowest BCUT2D eigenvalue weighted by Crippen LogP contribution is -2.36. The zero-order chi connectivity index (χ0) is 24.9. The summed E-state index contributed by atoms with van der Waals surface area (Å²) in [5.41, 5.74) is 2.03. The van der Waals surface area contributed by atoms with Crippen molar-refractivity contribution in [3.8, 4) is 5.75 Å². The molecule has 1 heterocycles. The number of hydrogen-bond acceptors (Lipinski definition) is 5. The van der Waals surface area contributed by atoms with Gasteiger partial charge in [0.05, 0.1) is 9.93 Å². The van der Waals surface area contributed by atoms with Gasteiger partial charge in [-0.2, -0.15) is 0 Å². The second-order valence-corrected chi connectivity index (χ2v) is 10.1. The summed E-state index contributed by atoms with van der Waals surface area (Å²) in [6, 6.07) is 19.4. The molecule has 10 heteroatoms. The van der Waals surface area contributed by atoms with Gasteiger partial charge in [0.15, 0.2) is 0 Å². The molecular formula is C25H17BrCl2N2O4S. The third kappa shape index (κ3) is 6.46. The second kappa shape index (κ2) is 11.3. The fourth-order valence-corrected chi connectivity index (χ4v) is 4.55. The molecule has 0 atom stereocenters. The molecule has 0 spiro atoms. The predicted octanol–water partition coefficient (Wildman–Crippen LogP) is 7.01. The lowest BCUT2D eigenvalue weighted by molar-refractivity contribution is -0.127. The molecule has 0 aromatic heterocycles. The SMILES string of the molecule is O=C(CN1C(=O)S/C(=C/c2ccccc2OCc2ccc(Cl)cc2)C1=O)Nc1ccc(Br)c(Cl)c1. The third-order valence-electron chi connectivity index (χ3n) is 4.89. The third-order valence-corrected chi connectivity index (χ3v) is 7.28. The molecule has 178 valence electrons. The monoisotopic (exact) mass is 590 g/mol. The molecule has 3 aromatic rings. The molecule has 0 radical (unpaired) electrons. The zero-order valence-electron chi connectivity index (χ0n) is 18.0. The first-order valence-corrected chi connectivity index (χ1v) is 12.6. The maximum Gasteiger partial charge on any atom is 0.294 e. The summed E-state index contributed by atoms with van der Waals surface area (Å²) >= 11 is 16.0. The summed E-state index contributed by atoms with van der Waals surface area (Å²) in [7, 11) is 0. The molecular weight excluding hydrogens is 575 g/mol. The smallest absolute Gasteiger partial charge is 0.294 e. The maximum atomic E-state index is 12.9. The lowest BCUT2D eigenvalue weighted by atomic mass is 10.1. The van der Waals surface area contributed by atoms with Gasteiger partial charge in [-0.25, -0.2) is 0 Å². The zero-order valence-corrected chi connectivity index (χ0v) is 21.9. The van der Waals surface area contributed by atoms with E-state index in [0.29, 0.717) is 38.1 Å². The number of nitrogens with one attached hydrogen (secondary N) is 1. The Morgan fingerprint density at radius 3 is 2.54 bits per heavy atom. The number of rotatable bonds is 7. The van der Waals surface area contributed by atoms with Gasteiger partial charge in [0.1, 0.15) is 18.9 Å². The van der Waals surface area contributed by atoms with Gasteiger partial charge in [-0.05, 0) is 75.7 Å². The molecule has 4 rings (SSSR count). The molecule has 1 aliphatic heterocycles. The van der Waals surface area contributed by atoms with Crippen molar-refractivity contribution >= 4 is 79.7 Å². The molecule has 0 bridgehead atoms. The molecule has 0 aliphatic carbocycles. The fourth-order valence-electron chi connectivity index (χ4n) is 3.17. The quantitative estimate of drug-likeness (QED) is 0.299. The van der Waals surface area contributed by atoms with Crippen LogP contribution in [0, 0.1) is 0 Å². The largest absolute Gasteiger partial charge is 0.488 e. The van der Waals surface area contributed by atoms with Crippen LogP contribution in [0.4, 0.5) is 10.5 Å². The van der Waals surface area contributed by atoms with Crippen LogP contribution in [0.15, 0.2) is 76.1 Å². The second-order valence-electron chi connectivity index (χ2n) is 7.40. The summed E-state index contributed by atoms with van der Waals surface area (Å²) in [5, 5.41) is 3.18. The Kier molecular flexibility index (Phi) is 8.18. The van der Waals surface area contributed by atoms with E-state index in [4.69, 9.17) is 27.9 Å². The van der Waals surface area contributed by atoms with Crippen molar-refractivity contribution in [2.24, 2.45) is 0 Å². The van der Waals surface area contributed by atoms with Gasteiger partial charge in [-0.1, -0.05) is 53.5 Å². The highest BCUT2D eigenvalue weighted by Gasteiger charge is 2.36.